The predicted molar refractivity (Wildman–Crippen MR) is 93.1 cm³/mol. The summed E-state index contributed by atoms with van der Waals surface area (Å²) >= 11 is 0. The fourth-order valence-corrected chi connectivity index (χ4v) is 3.26. The third kappa shape index (κ3) is 5.71. The quantitative estimate of drug-likeness (QED) is 0.784. The summed E-state index contributed by atoms with van der Waals surface area (Å²) in [5, 5.41) is 2.90. The minimum absolute atomic E-state index is 0.182. The van der Waals surface area contributed by atoms with E-state index in [1.165, 1.54) is 18.4 Å². The van der Waals surface area contributed by atoms with Crippen LogP contribution in [0, 0.1) is 6.92 Å². The second-order valence-corrected chi connectivity index (χ2v) is 7.77. The number of carbonyl (C=O) groups is 1. The summed E-state index contributed by atoms with van der Waals surface area (Å²) in [7, 11) is -3.36. The van der Waals surface area contributed by atoms with Gasteiger partial charge in [0.25, 0.3) is 5.91 Å². The van der Waals surface area contributed by atoms with Gasteiger partial charge in [0.1, 0.15) is 0 Å². The van der Waals surface area contributed by atoms with Gasteiger partial charge in [-0.1, -0.05) is 17.7 Å². The third-order valence-corrected chi connectivity index (χ3v) is 4.50. The maximum atomic E-state index is 12.2. The monoisotopic (exact) mass is 336 g/mol. The number of aryl methyl sites for hydroxylation is 1. The molecule has 126 valence electrons. The van der Waals surface area contributed by atoms with Gasteiger partial charge >= 0.3 is 0 Å². The molecule has 0 aromatic heterocycles. The van der Waals surface area contributed by atoms with Crippen molar-refractivity contribution in [3.05, 3.63) is 41.0 Å². The molecule has 6 heteroatoms. The average Bonchev–Trinajstić information content (AvgIpc) is 2.49. The minimum Gasteiger partial charge on any atom is -0.352 e. The molecule has 0 saturated heterocycles. The smallest absolute Gasteiger partial charge is 0.251 e. The number of amides is 1. The Bertz CT molecular complexity index is 709. The Kier molecular flexibility index (Phi) is 5.82. The SMILES string of the molecule is Cc1ccc(C(=O)NCCC2=CCCCC2)cc1NS(C)(=O)=O. The Morgan fingerprint density at radius 2 is 2.04 bits per heavy atom. The van der Waals surface area contributed by atoms with Crippen LogP contribution >= 0.6 is 0 Å². The van der Waals surface area contributed by atoms with Crippen molar-refractivity contribution in [2.24, 2.45) is 0 Å². The van der Waals surface area contributed by atoms with Gasteiger partial charge in [0, 0.05) is 12.1 Å². The van der Waals surface area contributed by atoms with Crippen LogP contribution < -0.4 is 10.0 Å². The highest BCUT2D eigenvalue weighted by Crippen LogP contribution is 2.20. The highest BCUT2D eigenvalue weighted by molar-refractivity contribution is 7.92. The molecule has 0 atom stereocenters. The molecule has 1 amide bonds. The van der Waals surface area contributed by atoms with Crippen LogP contribution in [-0.2, 0) is 10.0 Å². The summed E-state index contributed by atoms with van der Waals surface area (Å²) in [6, 6.07) is 5.02. The van der Waals surface area contributed by atoms with Crippen molar-refractivity contribution in [2.45, 2.75) is 39.0 Å². The standard InChI is InChI=1S/C17H24N2O3S/c1-13-8-9-15(12-16(13)19-23(2,21)22)17(20)18-11-10-14-6-4-3-5-7-14/h6,8-9,12,19H,3-5,7,10-11H2,1-2H3,(H,18,20). The molecule has 1 aromatic rings. The van der Waals surface area contributed by atoms with Crippen molar-refractivity contribution in [3.63, 3.8) is 0 Å². The van der Waals surface area contributed by atoms with E-state index in [0.29, 0.717) is 17.8 Å². The summed E-state index contributed by atoms with van der Waals surface area (Å²) in [5.74, 6) is -0.182. The maximum Gasteiger partial charge on any atom is 0.251 e. The lowest BCUT2D eigenvalue weighted by Gasteiger charge is -2.13. The maximum absolute atomic E-state index is 12.2. The lowest BCUT2D eigenvalue weighted by molar-refractivity contribution is 0.0954. The number of nitrogens with one attached hydrogen (secondary N) is 2. The first-order valence-electron chi connectivity index (χ1n) is 7.90. The number of anilines is 1. The summed E-state index contributed by atoms with van der Waals surface area (Å²) in [6.45, 7) is 2.40. The molecule has 0 bridgehead atoms. The molecule has 0 heterocycles. The molecule has 0 saturated carbocycles. The molecule has 1 aliphatic rings. The van der Waals surface area contributed by atoms with Gasteiger partial charge < -0.3 is 5.32 Å². The Morgan fingerprint density at radius 1 is 1.26 bits per heavy atom. The van der Waals surface area contributed by atoms with Crippen LogP contribution in [0.3, 0.4) is 0 Å². The molecule has 2 N–H and O–H groups in total. The zero-order valence-corrected chi connectivity index (χ0v) is 14.5. The van der Waals surface area contributed by atoms with Gasteiger partial charge in [-0.05, 0) is 56.7 Å². The van der Waals surface area contributed by atoms with E-state index < -0.39 is 10.0 Å². The predicted octanol–water partition coefficient (Wildman–Crippen LogP) is 2.99. The molecule has 1 aromatic carbocycles. The van der Waals surface area contributed by atoms with E-state index in [0.717, 1.165) is 31.1 Å². The van der Waals surface area contributed by atoms with E-state index >= 15 is 0 Å². The molecule has 5 nitrogen and oxygen atoms in total. The molecule has 0 aliphatic heterocycles. The van der Waals surface area contributed by atoms with Crippen LogP contribution in [0.4, 0.5) is 5.69 Å². The first-order valence-corrected chi connectivity index (χ1v) is 9.79. The Morgan fingerprint density at radius 3 is 2.70 bits per heavy atom. The second kappa shape index (κ2) is 7.64. The highest BCUT2D eigenvalue weighted by atomic mass is 32.2. The zero-order valence-electron chi connectivity index (χ0n) is 13.7. The van der Waals surface area contributed by atoms with Gasteiger partial charge in [0.2, 0.25) is 10.0 Å². The molecule has 0 fully saturated rings. The summed E-state index contributed by atoms with van der Waals surface area (Å²) < 4.78 is 25.2. The molecule has 0 radical (unpaired) electrons. The molecule has 0 spiro atoms. The van der Waals surface area contributed by atoms with Crippen LogP contribution in [0.5, 0.6) is 0 Å². The fourth-order valence-electron chi connectivity index (χ4n) is 2.64. The lowest BCUT2D eigenvalue weighted by atomic mass is 9.97. The summed E-state index contributed by atoms with van der Waals surface area (Å²) in [4.78, 5) is 12.2. The summed E-state index contributed by atoms with van der Waals surface area (Å²) in [6.07, 6.45) is 9.01. The number of benzene rings is 1. The van der Waals surface area contributed by atoms with Crippen LogP contribution in [0.2, 0.25) is 0 Å². The van der Waals surface area contributed by atoms with Crippen molar-refractivity contribution in [1.29, 1.82) is 0 Å². The number of rotatable bonds is 6. The van der Waals surface area contributed by atoms with Crippen LogP contribution in [-0.4, -0.2) is 27.1 Å². The topological polar surface area (TPSA) is 75.3 Å². The Labute approximate surface area is 138 Å². The molecule has 23 heavy (non-hydrogen) atoms. The normalized spacial score (nSPS) is 15.0. The van der Waals surface area contributed by atoms with Gasteiger partial charge in [0.15, 0.2) is 0 Å². The van der Waals surface area contributed by atoms with Crippen molar-refractivity contribution in [1.82, 2.24) is 5.32 Å². The molecule has 0 unspecified atom stereocenters. The van der Waals surface area contributed by atoms with Gasteiger partial charge in [0.05, 0.1) is 11.9 Å². The van der Waals surface area contributed by atoms with Gasteiger partial charge in [-0.15, -0.1) is 0 Å². The average molecular weight is 336 g/mol. The van der Waals surface area contributed by atoms with E-state index in [1.807, 2.05) is 0 Å². The van der Waals surface area contributed by atoms with Gasteiger partial charge in [-0.3, -0.25) is 9.52 Å². The zero-order chi connectivity index (χ0) is 16.9. The minimum atomic E-state index is -3.36. The number of carbonyl (C=O) groups excluding carboxylic acids is 1. The second-order valence-electron chi connectivity index (χ2n) is 6.02. The van der Waals surface area contributed by atoms with E-state index in [4.69, 9.17) is 0 Å². The van der Waals surface area contributed by atoms with E-state index in [2.05, 4.69) is 16.1 Å². The van der Waals surface area contributed by atoms with Crippen molar-refractivity contribution in [3.8, 4) is 0 Å². The van der Waals surface area contributed by atoms with Gasteiger partial charge in [-0.25, -0.2) is 8.42 Å². The largest absolute Gasteiger partial charge is 0.352 e. The Balaban J connectivity index is 1.96. The van der Waals surface area contributed by atoms with E-state index in [-0.39, 0.29) is 5.91 Å². The number of hydrogen-bond donors (Lipinski definition) is 2. The van der Waals surface area contributed by atoms with Crippen molar-refractivity contribution < 1.29 is 13.2 Å². The van der Waals surface area contributed by atoms with Gasteiger partial charge in [-0.2, -0.15) is 0 Å². The highest BCUT2D eigenvalue weighted by Gasteiger charge is 2.11. The third-order valence-electron chi connectivity index (χ3n) is 3.91. The Hall–Kier alpha value is -1.82. The van der Waals surface area contributed by atoms with Crippen LogP contribution in [0.15, 0.2) is 29.8 Å². The number of sulfonamides is 1. The lowest BCUT2D eigenvalue weighted by Crippen LogP contribution is -2.25. The number of allylic oxidation sites excluding steroid dienone is 1. The van der Waals surface area contributed by atoms with Crippen molar-refractivity contribution in [2.75, 3.05) is 17.5 Å². The molecular weight excluding hydrogens is 312 g/mol. The summed E-state index contributed by atoms with van der Waals surface area (Å²) in [5.41, 5.74) is 3.09. The molecule has 1 aliphatic carbocycles. The molecule has 2 rings (SSSR count). The molecular formula is C17H24N2O3S. The van der Waals surface area contributed by atoms with Crippen molar-refractivity contribution >= 4 is 21.6 Å². The number of hydrogen-bond acceptors (Lipinski definition) is 3. The van der Waals surface area contributed by atoms with E-state index in [9.17, 15) is 13.2 Å². The first kappa shape index (κ1) is 17.5. The van der Waals surface area contributed by atoms with E-state index in [1.54, 1.807) is 25.1 Å². The van der Waals surface area contributed by atoms with Crippen LogP contribution in [0.25, 0.3) is 0 Å². The van der Waals surface area contributed by atoms with Crippen LogP contribution in [0.1, 0.15) is 48.0 Å². The fraction of sp³-hybridized carbons (Fsp3) is 0.471. The first-order chi connectivity index (χ1) is 10.8.